The van der Waals surface area contributed by atoms with Crippen molar-refractivity contribution in [2.75, 3.05) is 11.9 Å². The number of ether oxygens (including phenoxy) is 1. The van der Waals surface area contributed by atoms with Crippen molar-refractivity contribution in [1.29, 1.82) is 5.26 Å². The van der Waals surface area contributed by atoms with Gasteiger partial charge in [0.15, 0.2) is 6.61 Å². The molecule has 128 valence electrons. The number of anilines is 1. The van der Waals surface area contributed by atoms with Crippen LogP contribution >= 0.6 is 0 Å². The number of carbonyl (C=O) groups is 2. The molecular weight excluding hydrogens is 337 g/mol. The number of nitriles is 1. The minimum Gasteiger partial charge on any atom is -0.452 e. The summed E-state index contributed by atoms with van der Waals surface area (Å²) in [5, 5.41) is 10.9. The zero-order chi connectivity index (χ0) is 18.4. The minimum atomic E-state index is -4.53. The summed E-state index contributed by atoms with van der Waals surface area (Å²) in [4.78, 5) is 23.4. The first kappa shape index (κ1) is 18.0. The molecule has 25 heavy (non-hydrogen) atoms. The highest BCUT2D eigenvalue weighted by Gasteiger charge is 2.30. The molecule has 0 atom stereocenters. The van der Waals surface area contributed by atoms with Crippen LogP contribution in [0.5, 0.6) is 0 Å². The number of rotatable bonds is 4. The summed E-state index contributed by atoms with van der Waals surface area (Å²) in [5.74, 6) is -1.56. The highest BCUT2D eigenvalue weighted by molar-refractivity contribution is 5.95. The van der Waals surface area contributed by atoms with E-state index in [1.54, 1.807) is 0 Å². The van der Waals surface area contributed by atoms with Gasteiger partial charge in [-0.05, 0) is 42.5 Å². The van der Waals surface area contributed by atoms with Crippen molar-refractivity contribution in [3.05, 3.63) is 65.2 Å². The van der Waals surface area contributed by atoms with Crippen molar-refractivity contribution < 1.29 is 27.5 Å². The third-order valence-electron chi connectivity index (χ3n) is 3.06. The van der Waals surface area contributed by atoms with Gasteiger partial charge in [-0.25, -0.2) is 4.79 Å². The fraction of sp³-hybridized carbons (Fsp3) is 0.118. The van der Waals surface area contributed by atoms with Gasteiger partial charge in [0.2, 0.25) is 0 Å². The third-order valence-corrected chi connectivity index (χ3v) is 3.06. The molecular formula is C17H11F3N2O3. The Labute approximate surface area is 140 Å². The molecule has 1 N–H and O–H groups in total. The molecule has 0 spiro atoms. The van der Waals surface area contributed by atoms with E-state index in [0.29, 0.717) is 5.56 Å². The van der Waals surface area contributed by atoms with Crippen LogP contribution in [-0.2, 0) is 15.7 Å². The van der Waals surface area contributed by atoms with E-state index < -0.39 is 30.2 Å². The van der Waals surface area contributed by atoms with Gasteiger partial charge in [-0.15, -0.1) is 0 Å². The molecule has 2 aromatic carbocycles. The molecule has 2 rings (SSSR count). The Morgan fingerprint density at radius 3 is 2.40 bits per heavy atom. The smallest absolute Gasteiger partial charge is 0.416 e. The maximum atomic E-state index is 12.6. The Morgan fingerprint density at radius 1 is 1.12 bits per heavy atom. The van der Waals surface area contributed by atoms with E-state index >= 15 is 0 Å². The lowest BCUT2D eigenvalue weighted by atomic mass is 10.1. The van der Waals surface area contributed by atoms with Crippen LogP contribution in [0.15, 0.2) is 48.5 Å². The summed E-state index contributed by atoms with van der Waals surface area (Å²) >= 11 is 0. The molecule has 0 fully saturated rings. The Bertz CT molecular complexity index is 824. The van der Waals surface area contributed by atoms with Gasteiger partial charge in [-0.3, -0.25) is 4.79 Å². The number of benzene rings is 2. The largest absolute Gasteiger partial charge is 0.452 e. The maximum Gasteiger partial charge on any atom is 0.416 e. The third kappa shape index (κ3) is 5.07. The van der Waals surface area contributed by atoms with Crippen LogP contribution in [0.2, 0.25) is 0 Å². The van der Waals surface area contributed by atoms with E-state index in [0.717, 1.165) is 18.2 Å². The molecule has 0 aliphatic carbocycles. The molecule has 0 aliphatic rings. The number of hydrogen-bond donors (Lipinski definition) is 1. The average molecular weight is 348 g/mol. The lowest BCUT2D eigenvalue weighted by Gasteiger charge is -2.10. The van der Waals surface area contributed by atoms with Crippen molar-refractivity contribution in [3.8, 4) is 6.07 Å². The quantitative estimate of drug-likeness (QED) is 0.859. The second-order valence-electron chi connectivity index (χ2n) is 4.89. The van der Waals surface area contributed by atoms with Crippen molar-refractivity contribution >= 4 is 17.6 Å². The van der Waals surface area contributed by atoms with Gasteiger partial charge in [0.05, 0.1) is 22.8 Å². The van der Waals surface area contributed by atoms with E-state index in [4.69, 9.17) is 10.00 Å². The zero-order valence-corrected chi connectivity index (χ0v) is 12.6. The second kappa shape index (κ2) is 7.49. The fourth-order valence-corrected chi connectivity index (χ4v) is 1.87. The lowest BCUT2D eigenvalue weighted by molar-refractivity contribution is -0.137. The van der Waals surface area contributed by atoms with E-state index in [1.807, 2.05) is 6.07 Å². The molecule has 0 aliphatic heterocycles. The molecule has 0 bridgehead atoms. The summed E-state index contributed by atoms with van der Waals surface area (Å²) in [7, 11) is 0. The number of esters is 1. The Hall–Kier alpha value is -3.34. The van der Waals surface area contributed by atoms with Gasteiger partial charge in [0.1, 0.15) is 0 Å². The Morgan fingerprint density at radius 2 is 1.80 bits per heavy atom. The summed E-state index contributed by atoms with van der Waals surface area (Å²) in [6.45, 7) is -0.658. The highest BCUT2D eigenvalue weighted by Crippen LogP contribution is 2.30. The number of halogens is 3. The molecule has 0 unspecified atom stereocenters. The van der Waals surface area contributed by atoms with Crippen molar-refractivity contribution in [1.82, 2.24) is 0 Å². The summed E-state index contributed by atoms with van der Waals surface area (Å²) in [6, 6.07) is 11.5. The molecule has 2 aromatic rings. The maximum absolute atomic E-state index is 12.6. The monoisotopic (exact) mass is 348 g/mol. The first-order valence-electron chi connectivity index (χ1n) is 6.94. The van der Waals surface area contributed by atoms with E-state index in [9.17, 15) is 22.8 Å². The normalized spacial score (nSPS) is 10.6. The predicted molar refractivity (Wildman–Crippen MR) is 81.5 cm³/mol. The van der Waals surface area contributed by atoms with Gasteiger partial charge in [0, 0.05) is 5.69 Å². The number of carbonyl (C=O) groups excluding carboxylic acids is 2. The second-order valence-corrected chi connectivity index (χ2v) is 4.89. The Kier molecular flexibility index (Phi) is 5.39. The van der Waals surface area contributed by atoms with Crippen molar-refractivity contribution in [2.24, 2.45) is 0 Å². The number of amides is 1. The molecule has 0 heterocycles. The molecule has 0 saturated heterocycles. The predicted octanol–water partition coefficient (Wildman–Crippen LogP) is 3.37. The first-order valence-corrected chi connectivity index (χ1v) is 6.94. The van der Waals surface area contributed by atoms with Crippen molar-refractivity contribution in [2.45, 2.75) is 6.18 Å². The molecule has 0 saturated carbocycles. The first-order chi connectivity index (χ1) is 11.8. The molecule has 0 radical (unpaired) electrons. The standard InChI is InChI=1S/C17H11F3N2O3/c18-17(19,20)13-2-1-3-14(8-13)22-15(23)10-25-16(24)12-6-4-11(9-21)5-7-12/h1-8H,10H2,(H,22,23). The lowest BCUT2D eigenvalue weighted by Crippen LogP contribution is -2.21. The van der Waals surface area contributed by atoms with Crippen LogP contribution in [0, 0.1) is 11.3 Å². The Balaban J connectivity index is 1.92. The number of hydrogen-bond acceptors (Lipinski definition) is 4. The molecule has 5 nitrogen and oxygen atoms in total. The topological polar surface area (TPSA) is 79.2 Å². The van der Waals surface area contributed by atoms with Gasteiger partial charge in [0.25, 0.3) is 5.91 Å². The summed E-state index contributed by atoms with van der Waals surface area (Å²) < 4.78 is 42.6. The fourth-order valence-electron chi connectivity index (χ4n) is 1.87. The molecule has 1 amide bonds. The van der Waals surface area contributed by atoms with E-state index in [2.05, 4.69) is 5.32 Å². The van der Waals surface area contributed by atoms with Crippen LogP contribution in [0.4, 0.5) is 18.9 Å². The van der Waals surface area contributed by atoms with Crippen LogP contribution in [0.1, 0.15) is 21.5 Å². The number of alkyl halides is 3. The zero-order valence-electron chi connectivity index (χ0n) is 12.6. The average Bonchev–Trinajstić information content (AvgIpc) is 2.59. The summed E-state index contributed by atoms with van der Waals surface area (Å²) in [6.07, 6.45) is -4.53. The van der Waals surface area contributed by atoms with Gasteiger partial charge in [-0.1, -0.05) is 6.07 Å². The van der Waals surface area contributed by atoms with Crippen molar-refractivity contribution in [3.63, 3.8) is 0 Å². The van der Waals surface area contributed by atoms with Crippen LogP contribution < -0.4 is 5.32 Å². The van der Waals surface area contributed by atoms with Gasteiger partial charge in [-0.2, -0.15) is 18.4 Å². The van der Waals surface area contributed by atoms with E-state index in [1.165, 1.54) is 30.3 Å². The molecule has 8 heteroatoms. The SMILES string of the molecule is N#Cc1ccc(C(=O)OCC(=O)Nc2cccc(C(F)(F)F)c2)cc1. The van der Waals surface area contributed by atoms with Gasteiger partial charge < -0.3 is 10.1 Å². The van der Waals surface area contributed by atoms with Crippen LogP contribution in [0.3, 0.4) is 0 Å². The van der Waals surface area contributed by atoms with Crippen LogP contribution in [-0.4, -0.2) is 18.5 Å². The van der Waals surface area contributed by atoms with Gasteiger partial charge >= 0.3 is 12.1 Å². The highest BCUT2D eigenvalue weighted by atomic mass is 19.4. The van der Waals surface area contributed by atoms with Crippen LogP contribution in [0.25, 0.3) is 0 Å². The number of nitrogens with zero attached hydrogens (tertiary/aromatic N) is 1. The minimum absolute atomic E-state index is 0.0609. The number of nitrogens with one attached hydrogen (secondary N) is 1. The molecule has 0 aromatic heterocycles. The van der Waals surface area contributed by atoms with E-state index in [-0.39, 0.29) is 11.3 Å². The summed E-state index contributed by atoms with van der Waals surface area (Å²) in [5.41, 5.74) is -0.459.